The second-order valence-corrected chi connectivity index (χ2v) is 7.48. The third-order valence-electron chi connectivity index (χ3n) is 4.05. The Balaban J connectivity index is 2.00. The van der Waals surface area contributed by atoms with Crippen LogP contribution in [0, 0.1) is 13.8 Å². The van der Waals surface area contributed by atoms with Gasteiger partial charge in [0.2, 0.25) is 15.9 Å². The zero-order chi connectivity index (χ0) is 15.8. The minimum absolute atomic E-state index is 0.0300. The van der Waals surface area contributed by atoms with E-state index in [0.717, 1.165) is 17.0 Å². The highest BCUT2D eigenvalue weighted by molar-refractivity contribution is 7.88. The summed E-state index contributed by atoms with van der Waals surface area (Å²) in [4.78, 5) is 14.1. The van der Waals surface area contributed by atoms with Crippen molar-refractivity contribution in [2.45, 2.75) is 20.3 Å². The second-order valence-electron chi connectivity index (χ2n) is 5.49. The summed E-state index contributed by atoms with van der Waals surface area (Å²) >= 11 is 0. The van der Waals surface area contributed by atoms with Gasteiger partial charge in [-0.25, -0.2) is 8.42 Å². The van der Waals surface area contributed by atoms with E-state index in [-0.39, 0.29) is 5.91 Å². The van der Waals surface area contributed by atoms with E-state index in [1.54, 1.807) is 9.58 Å². The Hall–Kier alpha value is -1.41. The Morgan fingerprint density at radius 1 is 1.19 bits per heavy atom. The van der Waals surface area contributed by atoms with Gasteiger partial charge in [-0.05, 0) is 13.8 Å². The molecule has 21 heavy (non-hydrogen) atoms. The van der Waals surface area contributed by atoms with Crippen molar-refractivity contribution in [2.24, 2.45) is 7.05 Å². The highest BCUT2D eigenvalue weighted by Crippen LogP contribution is 2.15. The van der Waals surface area contributed by atoms with Crippen LogP contribution in [0.15, 0.2) is 0 Å². The van der Waals surface area contributed by atoms with Crippen molar-refractivity contribution in [2.75, 3.05) is 32.4 Å². The fourth-order valence-corrected chi connectivity index (χ4v) is 3.43. The quantitative estimate of drug-likeness (QED) is 0.766. The molecule has 1 aliphatic heterocycles. The predicted molar refractivity (Wildman–Crippen MR) is 79.4 cm³/mol. The van der Waals surface area contributed by atoms with Crippen LogP contribution in [0.3, 0.4) is 0 Å². The minimum atomic E-state index is -3.16. The van der Waals surface area contributed by atoms with E-state index in [1.165, 1.54) is 10.6 Å². The van der Waals surface area contributed by atoms with E-state index in [4.69, 9.17) is 0 Å². The van der Waals surface area contributed by atoms with Gasteiger partial charge in [0.1, 0.15) is 0 Å². The number of rotatable bonds is 3. The molecule has 0 bridgehead atoms. The maximum Gasteiger partial charge on any atom is 0.227 e. The first-order chi connectivity index (χ1) is 9.70. The van der Waals surface area contributed by atoms with Crippen LogP contribution in [0.4, 0.5) is 0 Å². The molecule has 1 saturated heterocycles. The zero-order valence-electron chi connectivity index (χ0n) is 13.0. The monoisotopic (exact) mass is 314 g/mol. The molecule has 0 aromatic carbocycles. The fourth-order valence-electron chi connectivity index (χ4n) is 2.61. The second kappa shape index (κ2) is 5.76. The molecule has 1 amide bonds. The number of aromatic nitrogens is 2. The number of piperazine rings is 1. The van der Waals surface area contributed by atoms with Gasteiger partial charge in [-0.3, -0.25) is 9.48 Å². The molecular formula is C13H22N4O3S. The van der Waals surface area contributed by atoms with E-state index in [1.807, 2.05) is 20.9 Å². The summed E-state index contributed by atoms with van der Waals surface area (Å²) in [5.41, 5.74) is 2.83. The molecule has 2 rings (SSSR count). The van der Waals surface area contributed by atoms with Crippen LogP contribution in [0.5, 0.6) is 0 Å². The maximum atomic E-state index is 12.4. The summed E-state index contributed by atoms with van der Waals surface area (Å²) in [7, 11) is -1.30. The van der Waals surface area contributed by atoms with Crippen LogP contribution in [-0.4, -0.2) is 65.7 Å². The lowest BCUT2D eigenvalue weighted by Crippen LogP contribution is -2.50. The Kier molecular flexibility index (Phi) is 4.38. The summed E-state index contributed by atoms with van der Waals surface area (Å²) in [5, 5.41) is 4.31. The predicted octanol–water partition coefficient (Wildman–Crippen LogP) is -0.317. The van der Waals surface area contributed by atoms with Gasteiger partial charge >= 0.3 is 0 Å². The van der Waals surface area contributed by atoms with E-state index < -0.39 is 10.0 Å². The molecule has 1 aromatic heterocycles. The lowest BCUT2D eigenvalue weighted by Gasteiger charge is -2.33. The lowest BCUT2D eigenvalue weighted by molar-refractivity contribution is -0.131. The maximum absolute atomic E-state index is 12.4. The van der Waals surface area contributed by atoms with Crippen LogP contribution in [0.2, 0.25) is 0 Å². The van der Waals surface area contributed by atoms with Crippen molar-refractivity contribution in [3.05, 3.63) is 17.0 Å². The first kappa shape index (κ1) is 16.0. The summed E-state index contributed by atoms with van der Waals surface area (Å²) < 4.78 is 26.1. The standard InChI is InChI=1S/C13H22N4O3S/c1-10-12(11(2)15(3)14-10)9-13(18)16-5-7-17(8-6-16)21(4,19)20/h5-9H2,1-4H3. The van der Waals surface area contributed by atoms with Crippen molar-refractivity contribution in [3.63, 3.8) is 0 Å². The molecule has 0 radical (unpaired) electrons. The Morgan fingerprint density at radius 2 is 1.76 bits per heavy atom. The number of nitrogens with zero attached hydrogens (tertiary/aromatic N) is 4. The van der Waals surface area contributed by atoms with Gasteiger partial charge in [0.05, 0.1) is 18.4 Å². The molecule has 7 nitrogen and oxygen atoms in total. The molecule has 0 N–H and O–H groups in total. The highest BCUT2D eigenvalue weighted by atomic mass is 32.2. The van der Waals surface area contributed by atoms with Crippen molar-refractivity contribution in [1.29, 1.82) is 0 Å². The molecule has 0 saturated carbocycles. The third kappa shape index (κ3) is 3.44. The number of sulfonamides is 1. The van der Waals surface area contributed by atoms with Gasteiger partial charge < -0.3 is 4.90 Å². The van der Waals surface area contributed by atoms with E-state index in [2.05, 4.69) is 5.10 Å². The van der Waals surface area contributed by atoms with Gasteiger partial charge in [0.25, 0.3) is 0 Å². The first-order valence-corrected chi connectivity index (χ1v) is 8.77. The average Bonchev–Trinajstić information content (AvgIpc) is 2.64. The van der Waals surface area contributed by atoms with E-state index in [9.17, 15) is 13.2 Å². The van der Waals surface area contributed by atoms with Crippen molar-refractivity contribution < 1.29 is 13.2 Å². The Labute approximate surface area is 125 Å². The summed E-state index contributed by atoms with van der Waals surface area (Å²) in [6.45, 7) is 5.49. The number of carbonyl (C=O) groups is 1. The van der Waals surface area contributed by atoms with Gasteiger partial charge in [0.15, 0.2) is 0 Å². The first-order valence-electron chi connectivity index (χ1n) is 6.92. The Bertz CT molecular complexity index is 643. The summed E-state index contributed by atoms with van der Waals surface area (Å²) in [5.74, 6) is 0.0300. The third-order valence-corrected chi connectivity index (χ3v) is 5.35. The molecular weight excluding hydrogens is 292 g/mol. The van der Waals surface area contributed by atoms with Gasteiger partial charge in [0, 0.05) is 44.5 Å². The van der Waals surface area contributed by atoms with Gasteiger partial charge in [-0.2, -0.15) is 9.40 Å². The van der Waals surface area contributed by atoms with Crippen LogP contribution in [0.1, 0.15) is 17.0 Å². The smallest absolute Gasteiger partial charge is 0.227 e. The summed E-state index contributed by atoms with van der Waals surface area (Å²) in [6.07, 6.45) is 1.53. The van der Waals surface area contributed by atoms with E-state index in [0.29, 0.717) is 32.6 Å². The molecule has 0 atom stereocenters. The number of carbonyl (C=O) groups excluding carboxylic acids is 1. The van der Waals surface area contributed by atoms with Crippen molar-refractivity contribution in [3.8, 4) is 0 Å². The molecule has 118 valence electrons. The summed E-state index contributed by atoms with van der Waals surface area (Å²) in [6, 6.07) is 0. The molecule has 1 aromatic rings. The van der Waals surface area contributed by atoms with Crippen molar-refractivity contribution >= 4 is 15.9 Å². The number of hydrogen-bond acceptors (Lipinski definition) is 4. The molecule has 1 aliphatic rings. The average molecular weight is 314 g/mol. The van der Waals surface area contributed by atoms with Crippen molar-refractivity contribution in [1.82, 2.24) is 19.0 Å². The van der Waals surface area contributed by atoms with Crippen LogP contribution < -0.4 is 0 Å². The molecule has 1 fully saturated rings. The lowest BCUT2D eigenvalue weighted by atomic mass is 10.1. The van der Waals surface area contributed by atoms with Gasteiger partial charge in [-0.1, -0.05) is 0 Å². The molecule has 0 spiro atoms. The number of hydrogen-bond donors (Lipinski definition) is 0. The SMILES string of the molecule is Cc1nn(C)c(C)c1CC(=O)N1CCN(S(C)(=O)=O)CC1. The van der Waals surface area contributed by atoms with E-state index >= 15 is 0 Å². The van der Waals surface area contributed by atoms with Crippen LogP contribution in [0.25, 0.3) is 0 Å². The zero-order valence-corrected chi connectivity index (χ0v) is 13.8. The number of amides is 1. The van der Waals surface area contributed by atoms with Gasteiger partial charge in [-0.15, -0.1) is 0 Å². The molecule has 0 unspecified atom stereocenters. The molecule has 8 heteroatoms. The number of aryl methyl sites for hydroxylation is 2. The Morgan fingerprint density at radius 3 is 2.19 bits per heavy atom. The largest absolute Gasteiger partial charge is 0.340 e. The highest BCUT2D eigenvalue weighted by Gasteiger charge is 2.26. The minimum Gasteiger partial charge on any atom is -0.340 e. The van der Waals surface area contributed by atoms with Crippen LogP contribution >= 0.6 is 0 Å². The molecule has 2 heterocycles. The molecule has 0 aliphatic carbocycles. The topological polar surface area (TPSA) is 75.5 Å². The normalized spacial score (nSPS) is 17.2. The van der Waals surface area contributed by atoms with Crippen LogP contribution in [-0.2, 0) is 28.3 Å². The fraction of sp³-hybridized carbons (Fsp3) is 0.692.